The highest BCUT2D eigenvalue weighted by Gasteiger charge is 2.47. The lowest BCUT2D eigenvalue weighted by atomic mass is 9.98. The van der Waals surface area contributed by atoms with Crippen LogP contribution < -0.4 is 23.7 Å². The number of hydrogen-bond acceptors (Lipinski definition) is 17. The lowest BCUT2D eigenvalue weighted by Gasteiger charge is -2.40. The zero-order valence-corrected chi connectivity index (χ0v) is 23.5. The molecule has 3 aliphatic heterocycles. The van der Waals surface area contributed by atoms with Crippen LogP contribution in [0.5, 0.6) is 28.7 Å². The predicted molar refractivity (Wildman–Crippen MR) is 143 cm³/mol. The average molecular weight is 641 g/mol. The fourth-order valence-corrected chi connectivity index (χ4v) is 4.96. The molecule has 2 aromatic rings. The number of ether oxygens (including phenoxy) is 7. The van der Waals surface area contributed by atoms with E-state index in [0.717, 1.165) is 19.2 Å². The third-order valence-corrected chi connectivity index (χ3v) is 7.51. The number of carbonyl (C=O) groups is 2. The molecule has 3 aliphatic rings. The van der Waals surface area contributed by atoms with E-state index in [-0.39, 0.29) is 29.4 Å². The first-order chi connectivity index (χ1) is 21.5. The van der Waals surface area contributed by atoms with E-state index in [1.165, 1.54) is 18.2 Å². The van der Waals surface area contributed by atoms with E-state index in [9.17, 15) is 50.4 Å². The molecule has 3 heterocycles. The highest BCUT2D eigenvalue weighted by Crippen LogP contribution is 2.42. The topological polar surface area (TPSA) is 261 Å². The third kappa shape index (κ3) is 6.27. The first-order valence-corrected chi connectivity index (χ1v) is 13.6. The van der Waals surface area contributed by atoms with Crippen molar-refractivity contribution >= 4 is 11.6 Å². The molecule has 45 heavy (non-hydrogen) atoms. The number of rotatable bonds is 10. The lowest BCUT2D eigenvalue weighted by Crippen LogP contribution is -2.60. The number of benzene rings is 2. The minimum absolute atomic E-state index is 0.0622. The van der Waals surface area contributed by atoms with E-state index >= 15 is 0 Å². The van der Waals surface area contributed by atoms with Gasteiger partial charge in [0.2, 0.25) is 36.7 Å². The van der Waals surface area contributed by atoms with Crippen molar-refractivity contribution in [1.82, 2.24) is 0 Å². The zero-order chi connectivity index (χ0) is 32.6. The number of Topliss-reactive ketones (excluding diaryl/α,β-unsaturated/α-hetero) is 2. The maximum atomic E-state index is 13.5. The third-order valence-electron chi connectivity index (χ3n) is 7.51. The molecule has 0 saturated carbocycles. The second-order valence-electron chi connectivity index (χ2n) is 10.4. The number of aliphatic hydroxyl groups is 8. The summed E-state index contributed by atoms with van der Waals surface area (Å²) >= 11 is 0. The molecule has 0 amide bonds. The largest absolute Gasteiger partial charge is 0.490 e. The van der Waals surface area contributed by atoms with Crippen molar-refractivity contribution in [2.75, 3.05) is 27.1 Å². The van der Waals surface area contributed by atoms with Crippen LogP contribution in [0.15, 0.2) is 30.3 Å². The predicted octanol–water partition coefficient (Wildman–Crippen LogP) is -3.15. The molecule has 8 N–H and O–H groups in total. The van der Waals surface area contributed by atoms with Crippen molar-refractivity contribution in [2.24, 2.45) is 0 Å². The molecule has 2 saturated heterocycles. The highest BCUT2D eigenvalue weighted by molar-refractivity contribution is 6.49. The van der Waals surface area contributed by atoms with Crippen LogP contribution in [0.3, 0.4) is 0 Å². The Morgan fingerprint density at radius 3 is 1.67 bits per heavy atom. The second-order valence-corrected chi connectivity index (χ2v) is 10.4. The van der Waals surface area contributed by atoms with Gasteiger partial charge in [0.25, 0.3) is 0 Å². The van der Waals surface area contributed by atoms with Crippen LogP contribution in [-0.2, 0) is 9.47 Å². The first kappa shape index (κ1) is 32.8. The Hall–Kier alpha value is -3.62. The molecule has 0 aliphatic carbocycles. The number of methoxy groups -OCH3 is 1. The number of aliphatic hydroxyl groups excluding tert-OH is 8. The van der Waals surface area contributed by atoms with Crippen LogP contribution in [0.4, 0.5) is 0 Å². The van der Waals surface area contributed by atoms with Gasteiger partial charge in [-0.1, -0.05) is 0 Å². The Balaban J connectivity index is 1.53. The highest BCUT2D eigenvalue weighted by atomic mass is 16.7. The monoisotopic (exact) mass is 640 g/mol. The summed E-state index contributed by atoms with van der Waals surface area (Å²) < 4.78 is 38.1. The second kappa shape index (κ2) is 13.4. The molecular formula is C28H32O17. The molecule has 0 spiro atoms. The molecule has 0 bridgehead atoms. The van der Waals surface area contributed by atoms with Gasteiger partial charge in [0.1, 0.15) is 48.8 Å². The Morgan fingerprint density at radius 1 is 0.689 bits per heavy atom. The van der Waals surface area contributed by atoms with Gasteiger partial charge in [-0.2, -0.15) is 0 Å². The first-order valence-electron chi connectivity index (χ1n) is 13.6. The van der Waals surface area contributed by atoms with E-state index in [2.05, 4.69) is 0 Å². The van der Waals surface area contributed by atoms with E-state index in [1.807, 2.05) is 0 Å². The van der Waals surface area contributed by atoms with E-state index < -0.39 is 97.7 Å². The van der Waals surface area contributed by atoms with Crippen LogP contribution in [0.1, 0.15) is 20.7 Å². The van der Waals surface area contributed by atoms with Gasteiger partial charge in [-0.05, 0) is 30.3 Å². The molecular weight excluding hydrogens is 608 g/mol. The quantitative estimate of drug-likeness (QED) is 0.0941. The van der Waals surface area contributed by atoms with Crippen LogP contribution in [-0.4, -0.2) is 141 Å². The molecule has 246 valence electrons. The van der Waals surface area contributed by atoms with Crippen LogP contribution >= 0.6 is 0 Å². The molecule has 2 aromatic carbocycles. The van der Waals surface area contributed by atoms with Crippen molar-refractivity contribution < 1.29 is 83.6 Å². The van der Waals surface area contributed by atoms with E-state index in [4.69, 9.17) is 33.2 Å². The maximum absolute atomic E-state index is 13.5. The summed E-state index contributed by atoms with van der Waals surface area (Å²) in [4.78, 5) is 26.8. The van der Waals surface area contributed by atoms with Crippen molar-refractivity contribution in [3.8, 4) is 28.7 Å². The molecule has 0 aromatic heterocycles. The van der Waals surface area contributed by atoms with Crippen LogP contribution in [0, 0.1) is 0 Å². The van der Waals surface area contributed by atoms with Gasteiger partial charge >= 0.3 is 0 Å². The molecule has 5 rings (SSSR count). The Labute approximate surface area is 254 Å². The average Bonchev–Trinajstić information content (AvgIpc) is 3.52. The summed E-state index contributed by atoms with van der Waals surface area (Å²) in [6, 6.07) is 6.16. The molecule has 0 unspecified atom stereocenters. The molecule has 0 radical (unpaired) electrons. The Morgan fingerprint density at radius 2 is 1.18 bits per heavy atom. The number of fused-ring (bicyclic) bond motifs is 1. The minimum Gasteiger partial charge on any atom is -0.490 e. The summed E-state index contributed by atoms with van der Waals surface area (Å²) in [6.07, 6.45) is -17.1. The van der Waals surface area contributed by atoms with Gasteiger partial charge in [-0.25, -0.2) is 0 Å². The van der Waals surface area contributed by atoms with Gasteiger partial charge in [0.15, 0.2) is 23.0 Å². The molecule has 17 nitrogen and oxygen atoms in total. The van der Waals surface area contributed by atoms with Gasteiger partial charge in [-0.3, -0.25) is 9.59 Å². The van der Waals surface area contributed by atoms with Gasteiger partial charge in [-0.15, -0.1) is 0 Å². The smallest absolute Gasteiger partial charge is 0.233 e. The standard InChI is InChI=1S/C28H32O17/c1-39-26-14(42-27-24(37)22(35)20(33)16(7-29)44-27)5-11(19(32)18(31)10-2-3-12-13(4-10)41-9-40-12)6-15(26)43-28-25(38)23(36)21(34)17(8-30)45-28/h2-6,16-17,20-25,27-30,33-38H,7-9H2,1H3/t16-,17-,20-,21-,22+,23+,24-,25-,27-,28-/m1/s1. The van der Waals surface area contributed by atoms with Gasteiger partial charge in [0, 0.05) is 11.1 Å². The maximum Gasteiger partial charge on any atom is 0.233 e. The van der Waals surface area contributed by atoms with E-state index in [1.54, 1.807) is 0 Å². The summed E-state index contributed by atoms with van der Waals surface area (Å²) in [5.41, 5.74) is -0.439. The van der Waals surface area contributed by atoms with Gasteiger partial charge in [0.05, 0.1) is 20.3 Å². The number of hydrogen-bond donors (Lipinski definition) is 8. The fraction of sp³-hybridized carbons (Fsp3) is 0.500. The Bertz CT molecular complexity index is 1340. The van der Waals surface area contributed by atoms with Crippen molar-refractivity contribution in [3.05, 3.63) is 41.5 Å². The molecule has 2 fully saturated rings. The summed E-state index contributed by atoms with van der Waals surface area (Å²) in [6.45, 7) is -1.61. The summed E-state index contributed by atoms with van der Waals surface area (Å²) in [5.74, 6) is -2.65. The van der Waals surface area contributed by atoms with Crippen LogP contribution in [0.25, 0.3) is 0 Å². The SMILES string of the molecule is COc1c(O[C@@H]2O[C@H](CO)[C@@H](O)[C@H](O)[C@H]2O)cc(C(=O)C(=O)c2ccc3c(c2)OCO3)cc1O[C@@H]1O[C@H](CO)[C@@H](O)[C@H](O)[C@H]1O. The molecule has 17 heteroatoms. The zero-order valence-electron chi connectivity index (χ0n) is 23.5. The number of carbonyl (C=O) groups excluding carboxylic acids is 2. The van der Waals surface area contributed by atoms with Crippen molar-refractivity contribution in [3.63, 3.8) is 0 Å². The normalized spacial score (nSPS) is 32.6. The summed E-state index contributed by atoms with van der Waals surface area (Å²) in [5, 5.41) is 80.9. The van der Waals surface area contributed by atoms with Crippen molar-refractivity contribution in [1.29, 1.82) is 0 Å². The van der Waals surface area contributed by atoms with E-state index in [0.29, 0.717) is 5.75 Å². The van der Waals surface area contributed by atoms with Crippen LogP contribution in [0.2, 0.25) is 0 Å². The lowest BCUT2D eigenvalue weighted by molar-refractivity contribution is -0.279. The number of ketones is 2. The fourth-order valence-electron chi connectivity index (χ4n) is 4.96. The summed E-state index contributed by atoms with van der Waals surface area (Å²) in [7, 11) is 1.15. The Kier molecular flexibility index (Phi) is 9.75. The molecule has 10 atom stereocenters. The minimum atomic E-state index is -1.88. The van der Waals surface area contributed by atoms with Gasteiger partial charge < -0.3 is 74.0 Å². The van der Waals surface area contributed by atoms with Crippen molar-refractivity contribution in [2.45, 2.75) is 61.4 Å².